The Hall–Kier alpha value is -1.39. The number of Topliss-reactive ketones (excluding diaryl/α,β-unsaturated/α-hetero) is 1. The lowest BCUT2D eigenvalue weighted by Gasteiger charge is -2.21. The third-order valence-corrected chi connectivity index (χ3v) is 4.01. The SMILES string of the molecule is O=C1C(=O)N(CCN2CCCC2)c2cc(Cl)ccc21. The number of ketones is 1. The lowest BCUT2D eigenvalue weighted by molar-refractivity contribution is -0.114. The zero-order chi connectivity index (χ0) is 13.4. The number of rotatable bonds is 3. The molecule has 1 aromatic rings. The van der Waals surface area contributed by atoms with Crippen LogP contribution < -0.4 is 4.90 Å². The quantitative estimate of drug-likeness (QED) is 0.794. The molecule has 2 heterocycles. The molecule has 0 aliphatic carbocycles. The van der Waals surface area contributed by atoms with Gasteiger partial charge in [-0.15, -0.1) is 0 Å². The van der Waals surface area contributed by atoms with Crippen LogP contribution in [-0.4, -0.2) is 42.8 Å². The van der Waals surface area contributed by atoms with Crippen LogP contribution >= 0.6 is 11.6 Å². The number of nitrogens with zero attached hydrogens (tertiary/aromatic N) is 2. The number of carbonyl (C=O) groups excluding carboxylic acids is 2. The summed E-state index contributed by atoms with van der Waals surface area (Å²) < 4.78 is 0. The molecule has 5 heteroatoms. The van der Waals surface area contributed by atoms with Crippen LogP contribution in [0, 0.1) is 0 Å². The minimum atomic E-state index is -0.434. The van der Waals surface area contributed by atoms with Gasteiger partial charge in [0.2, 0.25) is 0 Å². The topological polar surface area (TPSA) is 40.6 Å². The summed E-state index contributed by atoms with van der Waals surface area (Å²) in [6.07, 6.45) is 2.44. The lowest BCUT2D eigenvalue weighted by atomic mass is 10.1. The fourth-order valence-electron chi connectivity index (χ4n) is 2.74. The molecule has 0 bridgehead atoms. The Balaban J connectivity index is 1.79. The maximum absolute atomic E-state index is 12.0. The Morgan fingerprint density at radius 2 is 1.84 bits per heavy atom. The molecule has 0 aromatic heterocycles. The number of likely N-dealkylation sites (tertiary alicyclic amines) is 1. The first-order valence-corrected chi connectivity index (χ1v) is 6.93. The van der Waals surface area contributed by atoms with Gasteiger partial charge in [-0.1, -0.05) is 11.6 Å². The number of fused-ring (bicyclic) bond motifs is 1. The molecule has 0 spiro atoms. The van der Waals surface area contributed by atoms with Crippen molar-refractivity contribution in [1.82, 2.24) is 4.90 Å². The fourth-order valence-corrected chi connectivity index (χ4v) is 2.90. The Kier molecular flexibility index (Phi) is 3.29. The normalized spacial score (nSPS) is 19.3. The largest absolute Gasteiger partial charge is 0.303 e. The molecule has 0 unspecified atom stereocenters. The van der Waals surface area contributed by atoms with E-state index in [0.717, 1.165) is 19.6 Å². The highest BCUT2D eigenvalue weighted by atomic mass is 35.5. The third-order valence-electron chi connectivity index (χ3n) is 3.77. The van der Waals surface area contributed by atoms with E-state index in [-0.39, 0.29) is 0 Å². The van der Waals surface area contributed by atoms with E-state index < -0.39 is 11.7 Å². The summed E-state index contributed by atoms with van der Waals surface area (Å²) in [7, 11) is 0. The minimum Gasteiger partial charge on any atom is -0.303 e. The molecule has 1 saturated heterocycles. The Morgan fingerprint density at radius 1 is 1.11 bits per heavy atom. The van der Waals surface area contributed by atoms with Crippen LogP contribution in [0.25, 0.3) is 0 Å². The number of hydrogen-bond donors (Lipinski definition) is 0. The van der Waals surface area contributed by atoms with Gasteiger partial charge in [0.25, 0.3) is 11.7 Å². The highest BCUT2D eigenvalue weighted by Gasteiger charge is 2.35. The molecule has 3 rings (SSSR count). The van der Waals surface area contributed by atoms with Crippen molar-refractivity contribution in [1.29, 1.82) is 0 Å². The van der Waals surface area contributed by atoms with Crippen molar-refractivity contribution in [3.63, 3.8) is 0 Å². The number of halogens is 1. The maximum Gasteiger partial charge on any atom is 0.299 e. The van der Waals surface area contributed by atoms with Gasteiger partial charge in [-0.2, -0.15) is 0 Å². The van der Waals surface area contributed by atoms with E-state index in [1.54, 1.807) is 23.1 Å². The first-order valence-electron chi connectivity index (χ1n) is 6.55. The zero-order valence-electron chi connectivity index (χ0n) is 10.6. The van der Waals surface area contributed by atoms with Crippen LogP contribution in [0.4, 0.5) is 5.69 Å². The molecular formula is C14H15ClN2O2. The summed E-state index contributed by atoms with van der Waals surface area (Å²) in [6.45, 7) is 3.53. The van der Waals surface area contributed by atoms with E-state index in [2.05, 4.69) is 4.90 Å². The van der Waals surface area contributed by atoms with Crippen molar-refractivity contribution in [3.05, 3.63) is 28.8 Å². The van der Waals surface area contributed by atoms with Gasteiger partial charge in [-0.3, -0.25) is 9.59 Å². The molecule has 100 valence electrons. The minimum absolute atomic E-state index is 0.423. The Labute approximate surface area is 116 Å². The predicted molar refractivity (Wildman–Crippen MR) is 73.8 cm³/mol. The summed E-state index contributed by atoms with van der Waals surface area (Å²) in [5, 5.41) is 0.549. The summed E-state index contributed by atoms with van der Waals surface area (Å²) >= 11 is 5.95. The van der Waals surface area contributed by atoms with Gasteiger partial charge < -0.3 is 9.80 Å². The number of hydrogen-bond acceptors (Lipinski definition) is 3. The molecule has 0 N–H and O–H groups in total. The monoisotopic (exact) mass is 278 g/mol. The second-order valence-corrected chi connectivity index (χ2v) is 5.43. The molecule has 1 amide bonds. The molecule has 1 aromatic carbocycles. The van der Waals surface area contributed by atoms with Crippen LogP contribution in [0.1, 0.15) is 23.2 Å². The number of carbonyl (C=O) groups is 2. The van der Waals surface area contributed by atoms with Gasteiger partial charge in [0, 0.05) is 18.1 Å². The van der Waals surface area contributed by atoms with E-state index >= 15 is 0 Å². The smallest absolute Gasteiger partial charge is 0.299 e. The van der Waals surface area contributed by atoms with Crippen molar-refractivity contribution < 1.29 is 9.59 Å². The number of anilines is 1. The van der Waals surface area contributed by atoms with E-state index in [4.69, 9.17) is 11.6 Å². The third kappa shape index (κ3) is 2.26. The highest BCUT2D eigenvalue weighted by molar-refractivity contribution is 6.52. The molecule has 0 saturated carbocycles. The molecule has 2 aliphatic heterocycles. The first-order chi connectivity index (χ1) is 9.16. The van der Waals surface area contributed by atoms with Gasteiger partial charge >= 0.3 is 0 Å². The second-order valence-electron chi connectivity index (χ2n) is 5.00. The van der Waals surface area contributed by atoms with Gasteiger partial charge in [0.05, 0.1) is 11.3 Å². The van der Waals surface area contributed by atoms with Gasteiger partial charge in [-0.25, -0.2) is 0 Å². The number of benzene rings is 1. The van der Waals surface area contributed by atoms with Gasteiger partial charge in [0.15, 0.2) is 0 Å². The predicted octanol–water partition coefficient (Wildman–Crippen LogP) is 1.97. The molecule has 0 atom stereocenters. The average molecular weight is 279 g/mol. The van der Waals surface area contributed by atoms with Crippen molar-refractivity contribution in [2.24, 2.45) is 0 Å². The standard InChI is InChI=1S/C14H15ClN2O2/c15-10-3-4-11-12(9-10)17(14(19)13(11)18)8-7-16-5-1-2-6-16/h3-4,9H,1-2,5-8H2. The van der Waals surface area contributed by atoms with Crippen LogP contribution in [0.2, 0.25) is 5.02 Å². The van der Waals surface area contributed by atoms with Crippen molar-refractivity contribution in [2.45, 2.75) is 12.8 Å². The highest BCUT2D eigenvalue weighted by Crippen LogP contribution is 2.31. The van der Waals surface area contributed by atoms with Gasteiger partial charge in [-0.05, 0) is 44.1 Å². The molecule has 19 heavy (non-hydrogen) atoms. The van der Waals surface area contributed by atoms with Crippen molar-refractivity contribution >= 4 is 29.0 Å². The van der Waals surface area contributed by atoms with Crippen LogP contribution in [-0.2, 0) is 4.79 Å². The average Bonchev–Trinajstić information content (AvgIpc) is 2.98. The van der Waals surface area contributed by atoms with Crippen LogP contribution in [0.15, 0.2) is 18.2 Å². The summed E-state index contributed by atoms with van der Waals surface area (Å²) in [6, 6.07) is 4.98. The van der Waals surface area contributed by atoms with Crippen molar-refractivity contribution in [2.75, 3.05) is 31.1 Å². The van der Waals surface area contributed by atoms with Gasteiger partial charge in [0.1, 0.15) is 0 Å². The van der Waals surface area contributed by atoms with Crippen LogP contribution in [0.5, 0.6) is 0 Å². The van der Waals surface area contributed by atoms with E-state index in [9.17, 15) is 9.59 Å². The molecular weight excluding hydrogens is 264 g/mol. The lowest BCUT2D eigenvalue weighted by Crippen LogP contribution is -2.37. The Bertz CT molecular complexity index is 538. The first kappa shape index (κ1) is 12.6. The maximum atomic E-state index is 12.0. The molecule has 1 fully saturated rings. The van der Waals surface area contributed by atoms with E-state index in [1.807, 2.05) is 0 Å². The second kappa shape index (κ2) is 4.94. The summed E-state index contributed by atoms with van der Waals surface area (Å²) in [4.78, 5) is 27.7. The van der Waals surface area contributed by atoms with Crippen molar-refractivity contribution in [3.8, 4) is 0 Å². The summed E-state index contributed by atoms with van der Waals surface area (Å²) in [5.74, 6) is -0.857. The Morgan fingerprint density at radius 3 is 2.58 bits per heavy atom. The number of amides is 1. The zero-order valence-corrected chi connectivity index (χ0v) is 11.3. The summed E-state index contributed by atoms with van der Waals surface area (Å²) in [5.41, 5.74) is 1.12. The van der Waals surface area contributed by atoms with E-state index in [0.29, 0.717) is 22.8 Å². The van der Waals surface area contributed by atoms with Crippen LogP contribution in [0.3, 0.4) is 0 Å². The van der Waals surface area contributed by atoms with E-state index in [1.165, 1.54) is 12.8 Å². The molecule has 2 aliphatic rings. The molecule has 4 nitrogen and oxygen atoms in total. The fraction of sp³-hybridized carbons (Fsp3) is 0.429. The molecule has 0 radical (unpaired) electrons.